The zero-order valence-electron chi connectivity index (χ0n) is 13.6. The average molecular weight is 353 g/mol. The van der Waals surface area contributed by atoms with Gasteiger partial charge in [-0.15, -0.1) is 0 Å². The number of benzene rings is 2. The van der Waals surface area contributed by atoms with Crippen molar-refractivity contribution in [2.24, 2.45) is 0 Å². The molecular formula is C16H20NO6P. The van der Waals surface area contributed by atoms with Crippen molar-refractivity contribution in [1.82, 2.24) is 0 Å². The van der Waals surface area contributed by atoms with Gasteiger partial charge in [-0.25, -0.2) is 14.4 Å². The number of hydrogen-bond acceptors (Lipinski definition) is 5. The predicted octanol–water partition coefficient (Wildman–Crippen LogP) is 3.01. The first-order valence-corrected chi connectivity index (χ1v) is 8.95. The molecule has 24 heavy (non-hydrogen) atoms. The number of nitrogens with zero attached hydrogens (tertiary/aromatic N) is 1. The van der Waals surface area contributed by atoms with Crippen LogP contribution in [0.4, 0.5) is 5.69 Å². The Bertz CT molecular complexity index is 767. The molecule has 2 aromatic rings. The lowest BCUT2D eigenvalue weighted by Gasteiger charge is -2.31. The van der Waals surface area contributed by atoms with Crippen molar-refractivity contribution in [3.05, 3.63) is 42.5 Å². The summed E-state index contributed by atoms with van der Waals surface area (Å²) in [5.41, 5.74) is 0.608. The van der Waals surface area contributed by atoms with Gasteiger partial charge in [0.05, 0.1) is 11.8 Å². The van der Waals surface area contributed by atoms with Gasteiger partial charge in [-0.1, -0.05) is 36.4 Å². The topological polar surface area (TPSA) is 96.3 Å². The van der Waals surface area contributed by atoms with Gasteiger partial charge in [0.2, 0.25) is 0 Å². The summed E-state index contributed by atoms with van der Waals surface area (Å²) in [7, 11) is -4.92. The summed E-state index contributed by atoms with van der Waals surface area (Å²) >= 11 is 0. The molecule has 130 valence electrons. The van der Waals surface area contributed by atoms with E-state index in [1.54, 1.807) is 19.9 Å². The van der Waals surface area contributed by atoms with Crippen molar-refractivity contribution in [3.63, 3.8) is 0 Å². The smallest absolute Gasteiger partial charge is 0.369 e. The van der Waals surface area contributed by atoms with Crippen molar-refractivity contribution in [3.8, 4) is 0 Å². The Kier molecular flexibility index (Phi) is 5.62. The predicted molar refractivity (Wildman–Crippen MR) is 90.2 cm³/mol. The lowest BCUT2D eigenvalue weighted by atomic mass is 10.1. The van der Waals surface area contributed by atoms with Gasteiger partial charge in [-0.3, -0.25) is 14.6 Å². The first-order valence-electron chi connectivity index (χ1n) is 7.42. The molecule has 0 aliphatic heterocycles. The molecule has 7 nitrogen and oxygen atoms in total. The van der Waals surface area contributed by atoms with Crippen LogP contribution in [-0.2, 0) is 18.7 Å². The SMILES string of the molecule is CC(C)ON(c1cccc2ccccc12)[C@@H](C)C(=O)OP(=O)(O)O. The molecule has 2 N–H and O–H groups in total. The first kappa shape index (κ1) is 18.4. The van der Waals surface area contributed by atoms with E-state index < -0.39 is 19.8 Å². The van der Waals surface area contributed by atoms with E-state index in [0.29, 0.717) is 5.69 Å². The van der Waals surface area contributed by atoms with Crippen LogP contribution in [0.15, 0.2) is 42.5 Å². The van der Waals surface area contributed by atoms with Gasteiger partial charge < -0.3 is 4.52 Å². The van der Waals surface area contributed by atoms with Crippen LogP contribution in [0.1, 0.15) is 20.8 Å². The number of hydroxylamine groups is 1. The third-order valence-corrected chi connectivity index (χ3v) is 3.65. The van der Waals surface area contributed by atoms with Crippen molar-refractivity contribution in [1.29, 1.82) is 0 Å². The van der Waals surface area contributed by atoms with Gasteiger partial charge in [0.15, 0.2) is 6.04 Å². The minimum atomic E-state index is -4.92. The minimum Gasteiger partial charge on any atom is -0.369 e. The van der Waals surface area contributed by atoms with E-state index in [1.807, 2.05) is 36.4 Å². The average Bonchev–Trinajstić information content (AvgIpc) is 2.49. The second-order valence-electron chi connectivity index (χ2n) is 5.56. The number of anilines is 1. The maximum absolute atomic E-state index is 12.1. The first-order chi connectivity index (χ1) is 11.2. The second kappa shape index (κ2) is 7.32. The number of hydrogen-bond donors (Lipinski definition) is 2. The Morgan fingerprint density at radius 2 is 1.71 bits per heavy atom. The van der Waals surface area contributed by atoms with Crippen LogP contribution in [0.3, 0.4) is 0 Å². The lowest BCUT2D eigenvalue weighted by molar-refractivity contribution is -0.139. The summed E-state index contributed by atoms with van der Waals surface area (Å²) in [4.78, 5) is 35.5. The van der Waals surface area contributed by atoms with Gasteiger partial charge in [-0.2, -0.15) is 0 Å². The summed E-state index contributed by atoms with van der Waals surface area (Å²) in [6, 6.07) is 12.0. The second-order valence-corrected chi connectivity index (χ2v) is 6.72. The quantitative estimate of drug-likeness (QED) is 0.609. The van der Waals surface area contributed by atoms with E-state index in [0.717, 1.165) is 10.8 Å². The molecule has 0 spiro atoms. The highest BCUT2D eigenvalue weighted by Gasteiger charge is 2.31. The molecule has 0 saturated carbocycles. The van der Waals surface area contributed by atoms with Crippen molar-refractivity contribution >= 4 is 30.3 Å². The van der Waals surface area contributed by atoms with Crippen molar-refractivity contribution in [2.45, 2.75) is 32.9 Å². The van der Waals surface area contributed by atoms with Gasteiger partial charge in [0.25, 0.3) is 0 Å². The fraction of sp³-hybridized carbons (Fsp3) is 0.312. The van der Waals surface area contributed by atoms with E-state index >= 15 is 0 Å². The van der Waals surface area contributed by atoms with Gasteiger partial charge in [-0.05, 0) is 32.2 Å². The molecular weight excluding hydrogens is 333 g/mol. The van der Waals surface area contributed by atoms with Crippen LogP contribution >= 0.6 is 7.82 Å². The monoisotopic (exact) mass is 353 g/mol. The minimum absolute atomic E-state index is 0.255. The molecule has 0 amide bonds. The number of phosphoric acid groups is 1. The highest BCUT2D eigenvalue weighted by molar-refractivity contribution is 7.46. The Morgan fingerprint density at radius 3 is 2.33 bits per heavy atom. The molecule has 0 bridgehead atoms. The molecule has 0 fully saturated rings. The Labute approximate surface area is 140 Å². The molecule has 0 aromatic heterocycles. The number of phosphoric ester groups is 1. The maximum atomic E-state index is 12.1. The Morgan fingerprint density at radius 1 is 1.08 bits per heavy atom. The zero-order chi connectivity index (χ0) is 17.9. The summed E-state index contributed by atoms with van der Waals surface area (Å²) in [6.45, 7) is 5.04. The van der Waals surface area contributed by atoms with Crippen LogP contribution in [0.5, 0.6) is 0 Å². The van der Waals surface area contributed by atoms with Crippen LogP contribution in [0.25, 0.3) is 10.8 Å². The summed E-state index contributed by atoms with van der Waals surface area (Å²) in [6.07, 6.45) is -0.255. The molecule has 8 heteroatoms. The number of carbonyl (C=O) groups is 1. The molecule has 0 aliphatic carbocycles. The van der Waals surface area contributed by atoms with Crippen LogP contribution in [0.2, 0.25) is 0 Å². The summed E-state index contributed by atoms with van der Waals surface area (Å²) in [5, 5.41) is 3.12. The van der Waals surface area contributed by atoms with Gasteiger partial charge in [0.1, 0.15) is 0 Å². The van der Waals surface area contributed by atoms with E-state index in [4.69, 9.17) is 14.6 Å². The molecule has 2 aromatic carbocycles. The summed E-state index contributed by atoms with van der Waals surface area (Å²) < 4.78 is 15.1. The number of fused-ring (bicyclic) bond motifs is 1. The fourth-order valence-corrected chi connectivity index (χ4v) is 2.66. The number of rotatable bonds is 6. The van der Waals surface area contributed by atoms with Gasteiger partial charge >= 0.3 is 13.8 Å². The van der Waals surface area contributed by atoms with E-state index in [2.05, 4.69) is 4.52 Å². The molecule has 2 rings (SSSR count). The standard InChI is InChI=1S/C16H20NO6P/c1-11(2)22-17(12(3)16(18)23-24(19,20)21)15-10-6-8-13-7-4-5-9-14(13)15/h4-12H,1-3H3,(H2,19,20,21)/t12-/m0/s1. The lowest BCUT2D eigenvalue weighted by Crippen LogP contribution is -2.41. The Balaban J connectivity index is 2.44. The zero-order valence-corrected chi connectivity index (χ0v) is 14.5. The fourth-order valence-electron chi connectivity index (χ4n) is 2.27. The molecule has 0 saturated heterocycles. The van der Waals surface area contributed by atoms with Crippen LogP contribution in [-0.4, -0.2) is 27.9 Å². The molecule has 1 atom stereocenters. The van der Waals surface area contributed by atoms with E-state index in [-0.39, 0.29) is 6.10 Å². The largest absolute Gasteiger partial charge is 0.527 e. The third kappa shape index (κ3) is 4.55. The highest BCUT2D eigenvalue weighted by Crippen LogP contribution is 2.37. The third-order valence-electron chi connectivity index (χ3n) is 3.23. The van der Waals surface area contributed by atoms with E-state index in [1.165, 1.54) is 12.0 Å². The van der Waals surface area contributed by atoms with Crippen molar-refractivity contribution in [2.75, 3.05) is 5.06 Å². The highest BCUT2D eigenvalue weighted by atomic mass is 31.2. The molecule has 0 heterocycles. The summed E-state index contributed by atoms with van der Waals surface area (Å²) in [5.74, 6) is -1.07. The molecule has 0 unspecified atom stereocenters. The Hall–Kier alpha value is -1.92. The maximum Gasteiger partial charge on any atom is 0.527 e. The molecule has 0 aliphatic rings. The van der Waals surface area contributed by atoms with Crippen LogP contribution < -0.4 is 5.06 Å². The normalized spacial score (nSPS) is 13.1. The van der Waals surface area contributed by atoms with Crippen LogP contribution in [0, 0.1) is 0 Å². The molecule has 0 radical (unpaired) electrons. The van der Waals surface area contributed by atoms with Crippen molar-refractivity contribution < 1.29 is 28.5 Å². The van der Waals surface area contributed by atoms with Gasteiger partial charge in [0, 0.05) is 5.39 Å². The number of carbonyl (C=O) groups excluding carboxylic acids is 1. The van der Waals surface area contributed by atoms with E-state index in [9.17, 15) is 9.36 Å².